The van der Waals surface area contributed by atoms with Crippen LogP contribution in [0.4, 0.5) is 4.39 Å². The maximum absolute atomic E-state index is 12.8. The molecule has 0 aliphatic heterocycles. The van der Waals surface area contributed by atoms with Crippen LogP contribution >= 0.6 is 0 Å². The second kappa shape index (κ2) is 7.66. The van der Waals surface area contributed by atoms with Crippen molar-refractivity contribution in [1.29, 1.82) is 0 Å². The standard InChI is InChI=1S/C15H17FN4O4/c1-24-10(17)6-11-19-12(13(21)15(23)20-11)14(22)18-7-8-2-4-9(16)5-3-8/h2-5,10,21H,6-7,17H2,1H3,(H,18,22)(H,19,20,23). The third-order valence-electron chi connectivity index (χ3n) is 3.18. The van der Waals surface area contributed by atoms with Crippen LogP contribution < -0.4 is 11.1 Å². The van der Waals surface area contributed by atoms with Crippen molar-refractivity contribution in [3.63, 3.8) is 0 Å². The molecule has 1 aromatic carbocycles. The average Bonchev–Trinajstić information content (AvgIpc) is 2.57. The van der Waals surface area contributed by atoms with E-state index in [-0.39, 0.29) is 30.3 Å². The molecular formula is C15H17FN4O4. The Bertz CT molecular complexity index is 724. The van der Waals surface area contributed by atoms with Gasteiger partial charge in [-0.3, -0.25) is 4.79 Å². The molecule has 0 radical (unpaired) electrons. The van der Waals surface area contributed by atoms with Crippen molar-refractivity contribution in [2.45, 2.75) is 19.2 Å². The Labute approximate surface area is 137 Å². The van der Waals surface area contributed by atoms with Gasteiger partial charge in [0.15, 0.2) is 5.69 Å². The van der Waals surface area contributed by atoms with Crippen molar-refractivity contribution in [2.24, 2.45) is 5.73 Å². The van der Waals surface area contributed by atoms with E-state index >= 15 is 0 Å². The Kier molecular flexibility index (Phi) is 5.61. The monoisotopic (exact) mass is 336 g/mol. The zero-order valence-electron chi connectivity index (χ0n) is 12.9. The SMILES string of the molecule is COC(N)Cc1nc(O)c(O)c(C(=O)NCc2ccc(F)cc2)n1. The first-order valence-corrected chi connectivity index (χ1v) is 7.00. The van der Waals surface area contributed by atoms with E-state index in [4.69, 9.17) is 10.5 Å². The number of halogens is 1. The molecule has 1 atom stereocenters. The van der Waals surface area contributed by atoms with Gasteiger partial charge < -0.3 is 26.0 Å². The molecule has 0 saturated heterocycles. The highest BCUT2D eigenvalue weighted by Gasteiger charge is 2.20. The normalized spacial score (nSPS) is 12.0. The molecule has 128 valence electrons. The van der Waals surface area contributed by atoms with E-state index in [0.29, 0.717) is 5.56 Å². The van der Waals surface area contributed by atoms with Gasteiger partial charge in [0.05, 0.1) is 0 Å². The number of nitrogens with two attached hydrogens (primary N) is 1. The number of carbonyl (C=O) groups excluding carboxylic acids is 1. The van der Waals surface area contributed by atoms with Crippen LogP contribution in [0.25, 0.3) is 0 Å². The Morgan fingerprint density at radius 3 is 2.62 bits per heavy atom. The smallest absolute Gasteiger partial charge is 0.274 e. The van der Waals surface area contributed by atoms with Gasteiger partial charge in [-0.05, 0) is 17.7 Å². The largest absolute Gasteiger partial charge is 0.501 e. The maximum atomic E-state index is 12.8. The van der Waals surface area contributed by atoms with Gasteiger partial charge in [-0.1, -0.05) is 12.1 Å². The highest BCUT2D eigenvalue weighted by atomic mass is 19.1. The van der Waals surface area contributed by atoms with Crippen molar-refractivity contribution in [1.82, 2.24) is 15.3 Å². The van der Waals surface area contributed by atoms with Crippen LogP contribution in [0.3, 0.4) is 0 Å². The topological polar surface area (TPSA) is 131 Å². The second-order valence-electron chi connectivity index (χ2n) is 4.95. The van der Waals surface area contributed by atoms with E-state index in [1.165, 1.54) is 31.4 Å². The number of nitrogens with one attached hydrogen (secondary N) is 1. The molecule has 2 aromatic rings. The molecule has 0 saturated carbocycles. The van der Waals surface area contributed by atoms with Crippen LogP contribution in [0.2, 0.25) is 0 Å². The van der Waals surface area contributed by atoms with E-state index in [1.807, 2.05) is 0 Å². The Morgan fingerprint density at radius 2 is 2.00 bits per heavy atom. The molecule has 9 heteroatoms. The fraction of sp³-hybridized carbons (Fsp3) is 0.267. The first-order chi connectivity index (χ1) is 11.4. The molecule has 0 fully saturated rings. The summed E-state index contributed by atoms with van der Waals surface area (Å²) in [6.45, 7) is 0.0935. The quantitative estimate of drug-likeness (QED) is 0.563. The number of aromatic hydroxyl groups is 2. The molecule has 8 nitrogen and oxygen atoms in total. The van der Waals surface area contributed by atoms with E-state index in [1.54, 1.807) is 0 Å². The minimum Gasteiger partial charge on any atom is -0.501 e. The Morgan fingerprint density at radius 1 is 1.33 bits per heavy atom. The molecule has 1 amide bonds. The lowest BCUT2D eigenvalue weighted by atomic mass is 10.2. The zero-order chi connectivity index (χ0) is 17.7. The van der Waals surface area contributed by atoms with Gasteiger partial charge in [-0.15, -0.1) is 0 Å². The highest BCUT2D eigenvalue weighted by molar-refractivity contribution is 5.95. The fourth-order valence-electron chi connectivity index (χ4n) is 1.87. The van der Waals surface area contributed by atoms with Crippen LogP contribution in [-0.2, 0) is 17.7 Å². The lowest BCUT2D eigenvalue weighted by Crippen LogP contribution is -2.28. The number of amides is 1. The summed E-state index contributed by atoms with van der Waals surface area (Å²) in [6.07, 6.45) is -0.674. The number of rotatable bonds is 6. The van der Waals surface area contributed by atoms with Crippen LogP contribution in [0, 0.1) is 5.82 Å². The fourth-order valence-corrected chi connectivity index (χ4v) is 1.87. The maximum Gasteiger partial charge on any atom is 0.274 e. The van der Waals surface area contributed by atoms with Crippen molar-refractivity contribution in [2.75, 3.05) is 7.11 Å². The summed E-state index contributed by atoms with van der Waals surface area (Å²) in [7, 11) is 1.39. The Balaban J connectivity index is 2.13. The van der Waals surface area contributed by atoms with E-state index in [9.17, 15) is 19.4 Å². The van der Waals surface area contributed by atoms with Crippen molar-refractivity contribution >= 4 is 5.91 Å². The summed E-state index contributed by atoms with van der Waals surface area (Å²) in [4.78, 5) is 19.7. The first kappa shape index (κ1) is 17.6. The van der Waals surface area contributed by atoms with Crippen molar-refractivity contribution in [3.05, 3.63) is 47.2 Å². The summed E-state index contributed by atoms with van der Waals surface area (Å²) < 4.78 is 17.7. The predicted molar refractivity (Wildman–Crippen MR) is 81.6 cm³/mol. The number of carbonyl (C=O) groups is 1. The summed E-state index contributed by atoms with van der Waals surface area (Å²) in [6, 6.07) is 5.55. The van der Waals surface area contributed by atoms with E-state index in [2.05, 4.69) is 15.3 Å². The number of hydrogen-bond donors (Lipinski definition) is 4. The van der Waals surface area contributed by atoms with Crippen LogP contribution in [0.1, 0.15) is 21.9 Å². The number of hydrogen-bond acceptors (Lipinski definition) is 7. The zero-order valence-corrected chi connectivity index (χ0v) is 12.9. The van der Waals surface area contributed by atoms with Crippen LogP contribution in [0.5, 0.6) is 11.6 Å². The molecule has 0 bridgehead atoms. The van der Waals surface area contributed by atoms with E-state index in [0.717, 1.165) is 0 Å². The Hall–Kier alpha value is -2.78. The third kappa shape index (κ3) is 4.37. The van der Waals surface area contributed by atoms with Crippen molar-refractivity contribution < 1.29 is 24.1 Å². The number of methoxy groups -OCH3 is 1. The van der Waals surface area contributed by atoms with Gasteiger partial charge in [0, 0.05) is 20.1 Å². The molecule has 0 spiro atoms. The lowest BCUT2D eigenvalue weighted by Gasteiger charge is -2.11. The summed E-state index contributed by atoms with van der Waals surface area (Å²) >= 11 is 0. The molecule has 24 heavy (non-hydrogen) atoms. The van der Waals surface area contributed by atoms with Crippen LogP contribution in [-0.4, -0.2) is 39.4 Å². The van der Waals surface area contributed by atoms with Gasteiger partial charge in [0.2, 0.25) is 5.75 Å². The van der Waals surface area contributed by atoms with Gasteiger partial charge in [0.25, 0.3) is 11.8 Å². The molecule has 1 unspecified atom stereocenters. The second-order valence-corrected chi connectivity index (χ2v) is 4.95. The van der Waals surface area contributed by atoms with Crippen LogP contribution in [0.15, 0.2) is 24.3 Å². The molecule has 5 N–H and O–H groups in total. The van der Waals surface area contributed by atoms with Crippen molar-refractivity contribution in [3.8, 4) is 11.6 Å². The van der Waals surface area contributed by atoms with E-state index < -0.39 is 23.8 Å². The molecule has 0 aliphatic rings. The molecule has 0 aliphatic carbocycles. The molecule has 2 rings (SSSR count). The number of aromatic nitrogens is 2. The predicted octanol–water partition coefficient (Wildman–Crippen LogP) is 0.431. The lowest BCUT2D eigenvalue weighted by molar-refractivity contribution is 0.0937. The third-order valence-corrected chi connectivity index (χ3v) is 3.18. The van der Waals surface area contributed by atoms with Gasteiger partial charge in [-0.25, -0.2) is 9.37 Å². The molecule has 1 heterocycles. The summed E-state index contributed by atoms with van der Waals surface area (Å²) in [5, 5.41) is 21.9. The first-order valence-electron chi connectivity index (χ1n) is 7.00. The minimum absolute atomic E-state index is 0.0442. The number of ether oxygens (including phenoxy) is 1. The van der Waals surface area contributed by atoms with Gasteiger partial charge >= 0.3 is 0 Å². The molecular weight excluding hydrogens is 319 g/mol. The number of nitrogens with zero attached hydrogens (tertiary/aromatic N) is 2. The number of benzene rings is 1. The average molecular weight is 336 g/mol. The summed E-state index contributed by atoms with van der Waals surface area (Å²) in [5.74, 6) is -2.52. The molecule has 1 aromatic heterocycles. The minimum atomic E-state index is -0.735. The summed E-state index contributed by atoms with van der Waals surface area (Å²) in [5.41, 5.74) is 5.86. The van der Waals surface area contributed by atoms with Gasteiger partial charge in [0.1, 0.15) is 17.9 Å². The highest BCUT2D eigenvalue weighted by Crippen LogP contribution is 2.25. The van der Waals surface area contributed by atoms with Gasteiger partial charge in [-0.2, -0.15) is 4.98 Å².